The number of anilines is 2. The van der Waals surface area contributed by atoms with Crippen LogP contribution < -0.4 is 10.2 Å². The molecule has 0 radical (unpaired) electrons. The quantitative estimate of drug-likeness (QED) is 0.755. The Morgan fingerprint density at radius 2 is 1.83 bits per heavy atom. The number of nitrogens with one attached hydrogen (secondary N) is 1. The third-order valence-corrected chi connectivity index (χ3v) is 3.66. The van der Waals surface area contributed by atoms with Crippen LogP contribution in [-0.4, -0.2) is 62.4 Å². The highest BCUT2D eigenvalue weighted by Crippen LogP contribution is 2.34. The molecule has 2 N–H and O–H groups in total. The van der Waals surface area contributed by atoms with Crippen molar-refractivity contribution in [2.75, 3.05) is 57.6 Å². The second kappa shape index (κ2) is 7.67. The van der Waals surface area contributed by atoms with Gasteiger partial charge in [-0.05, 0) is 20.2 Å². The molecular weight excluding hydrogens is 321 g/mol. The van der Waals surface area contributed by atoms with Gasteiger partial charge in [-0.3, -0.25) is 0 Å². The van der Waals surface area contributed by atoms with Crippen LogP contribution in [0.4, 0.5) is 24.7 Å². The fourth-order valence-corrected chi connectivity index (χ4v) is 2.39. The summed E-state index contributed by atoms with van der Waals surface area (Å²) in [6.45, 7) is 1.26. The number of fused-ring (bicyclic) bond motifs is 1. The van der Waals surface area contributed by atoms with Crippen LogP contribution in [0.3, 0.4) is 0 Å². The standard InChI is InChI=1S/C16H21F3N4O/c1-22(2)5-4-20-12-9-21-16(23(3)6-7-24)13-10(12)8-11(17)14(18)15(13)19/h8-9,20,24H,4-7H2,1-3H3. The normalized spacial score (nSPS) is 11.3. The van der Waals surface area contributed by atoms with Gasteiger partial charge in [0, 0.05) is 32.1 Å². The van der Waals surface area contributed by atoms with Crippen molar-refractivity contribution in [3.8, 4) is 0 Å². The van der Waals surface area contributed by atoms with E-state index in [0.717, 1.165) is 6.07 Å². The fraction of sp³-hybridized carbons (Fsp3) is 0.438. The lowest BCUT2D eigenvalue weighted by molar-refractivity contribution is 0.304. The smallest absolute Gasteiger partial charge is 0.195 e. The molecule has 5 nitrogen and oxygen atoms in total. The number of hydrogen-bond acceptors (Lipinski definition) is 5. The Hall–Kier alpha value is -2.06. The van der Waals surface area contributed by atoms with E-state index in [1.54, 1.807) is 7.05 Å². The molecular formula is C16H21F3N4O. The van der Waals surface area contributed by atoms with Crippen LogP contribution in [0.5, 0.6) is 0 Å². The van der Waals surface area contributed by atoms with Crippen molar-refractivity contribution in [3.05, 3.63) is 29.7 Å². The summed E-state index contributed by atoms with van der Waals surface area (Å²) in [6, 6.07) is 0.962. The molecule has 132 valence electrons. The number of likely N-dealkylation sites (N-methyl/N-ethyl adjacent to an activating group) is 2. The fourth-order valence-electron chi connectivity index (χ4n) is 2.39. The minimum atomic E-state index is -1.53. The van der Waals surface area contributed by atoms with Crippen LogP contribution >= 0.6 is 0 Å². The second-order valence-corrected chi connectivity index (χ2v) is 5.78. The van der Waals surface area contributed by atoms with E-state index in [-0.39, 0.29) is 29.7 Å². The number of nitrogens with zero attached hydrogens (tertiary/aromatic N) is 3. The second-order valence-electron chi connectivity index (χ2n) is 5.78. The van der Waals surface area contributed by atoms with Crippen molar-refractivity contribution in [2.45, 2.75) is 0 Å². The van der Waals surface area contributed by atoms with Crippen LogP contribution in [0, 0.1) is 17.5 Å². The number of aromatic nitrogens is 1. The molecule has 0 fully saturated rings. The van der Waals surface area contributed by atoms with Crippen LogP contribution in [0.25, 0.3) is 10.8 Å². The maximum atomic E-state index is 14.4. The monoisotopic (exact) mass is 342 g/mol. The van der Waals surface area contributed by atoms with E-state index in [1.165, 1.54) is 11.1 Å². The van der Waals surface area contributed by atoms with Gasteiger partial charge in [-0.2, -0.15) is 0 Å². The van der Waals surface area contributed by atoms with Crippen molar-refractivity contribution in [3.63, 3.8) is 0 Å². The van der Waals surface area contributed by atoms with Gasteiger partial charge in [0.25, 0.3) is 0 Å². The zero-order valence-corrected chi connectivity index (χ0v) is 13.9. The first kappa shape index (κ1) is 18.3. The number of aliphatic hydroxyl groups excluding tert-OH is 1. The Morgan fingerprint density at radius 1 is 1.12 bits per heavy atom. The van der Waals surface area contributed by atoms with Gasteiger partial charge in [0.2, 0.25) is 0 Å². The highest BCUT2D eigenvalue weighted by Gasteiger charge is 2.21. The molecule has 0 aliphatic heterocycles. The molecule has 0 bridgehead atoms. The van der Waals surface area contributed by atoms with E-state index in [1.807, 2.05) is 19.0 Å². The van der Waals surface area contributed by atoms with Crippen molar-refractivity contribution < 1.29 is 18.3 Å². The lowest BCUT2D eigenvalue weighted by Crippen LogP contribution is -2.23. The van der Waals surface area contributed by atoms with Gasteiger partial charge in [0.05, 0.1) is 23.9 Å². The summed E-state index contributed by atoms with van der Waals surface area (Å²) < 4.78 is 41.8. The molecule has 0 aliphatic rings. The van der Waals surface area contributed by atoms with Gasteiger partial charge in [-0.25, -0.2) is 18.2 Å². The first-order chi connectivity index (χ1) is 11.4. The molecule has 0 amide bonds. The Morgan fingerprint density at radius 3 is 2.46 bits per heavy atom. The lowest BCUT2D eigenvalue weighted by atomic mass is 10.1. The number of benzene rings is 1. The molecule has 2 aromatic rings. The molecule has 0 spiro atoms. The molecule has 0 unspecified atom stereocenters. The van der Waals surface area contributed by atoms with E-state index in [2.05, 4.69) is 10.3 Å². The summed E-state index contributed by atoms with van der Waals surface area (Å²) in [5.74, 6) is -3.92. The summed E-state index contributed by atoms with van der Waals surface area (Å²) in [5.41, 5.74) is 0.422. The third-order valence-electron chi connectivity index (χ3n) is 3.66. The summed E-state index contributed by atoms with van der Waals surface area (Å²) >= 11 is 0. The number of hydrogen-bond donors (Lipinski definition) is 2. The Bertz CT molecular complexity index is 724. The Balaban J connectivity index is 2.56. The summed E-state index contributed by atoms with van der Waals surface area (Å²) in [4.78, 5) is 7.61. The molecule has 1 aromatic carbocycles. The largest absolute Gasteiger partial charge is 0.395 e. The average Bonchev–Trinajstić information content (AvgIpc) is 2.53. The minimum Gasteiger partial charge on any atom is -0.395 e. The summed E-state index contributed by atoms with van der Waals surface area (Å²) in [7, 11) is 5.40. The predicted octanol–water partition coefficient (Wildman–Crippen LogP) is 2.05. The van der Waals surface area contributed by atoms with Crippen molar-refractivity contribution >= 4 is 22.3 Å². The highest BCUT2D eigenvalue weighted by atomic mass is 19.2. The summed E-state index contributed by atoms with van der Waals surface area (Å²) in [6.07, 6.45) is 1.46. The van der Waals surface area contributed by atoms with Gasteiger partial charge >= 0.3 is 0 Å². The zero-order chi connectivity index (χ0) is 17.9. The molecule has 0 saturated heterocycles. The summed E-state index contributed by atoms with van der Waals surface area (Å²) in [5, 5.41) is 12.2. The molecule has 1 aromatic heterocycles. The molecule has 2 rings (SSSR count). The maximum absolute atomic E-state index is 14.4. The first-order valence-corrected chi connectivity index (χ1v) is 7.53. The van der Waals surface area contributed by atoms with E-state index in [4.69, 9.17) is 5.11 Å². The van der Waals surface area contributed by atoms with Crippen LogP contribution in [0.2, 0.25) is 0 Å². The topological polar surface area (TPSA) is 51.6 Å². The van der Waals surface area contributed by atoms with Gasteiger partial charge in [-0.15, -0.1) is 0 Å². The van der Waals surface area contributed by atoms with E-state index in [0.29, 0.717) is 18.8 Å². The molecule has 0 aliphatic carbocycles. The highest BCUT2D eigenvalue weighted by molar-refractivity contribution is 6.00. The lowest BCUT2D eigenvalue weighted by Gasteiger charge is -2.21. The van der Waals surface area contributed by atoms with Crippen LogP contribution in [0.1, 0.15) is 0 Å². The Kier molecular flexibility index (Phi) is 5.84. The van der Waals surface area contributed by atoms with E-state index >= 15 is 0 Å². The SMILES string of the molecule is CN(C)CCNc1cnc(N(C)CCO)c2c(F)c(F)c(F)cc12. The number of rotatable bonds is 7. The number of aliphatic hydroxyl groups is 1. The minimum absolute atomic E-state index is 0.111. The maximum Gasteiger partial charge on any atom is 0.195 e. The zero-order valence-electron chi connectivity index (χ0n) is 13.9. The van der Waals surface area contributed by atoms with E-state index in [9.17, 15) is 13.2 Å². The molecule has 24 heavy (non-hydrogen) atoms. The van der Waals surface area contributed by atoms with E-state index < -0.39 is 17.5 Å². The third kappa shape index (κ3) is 3.70. The van der Waals surface area contributed by atoms with Gasteiger partial charge in [0.1, 0.15) is 5.82 Å². The van der Waals surface area contributed by atoms with Crippen molar-refractivity contribution in [1.29, 1.82) is 0 Å². The van der Waals surface area contributed by atoms with Crippen molar-refractivity contribution in [1.82, 2.24) is 9.88 Å². The van der Waals surface area contributed by atoms with Gasteiger partial charge < -0.3 is 20.2 Å². The van der Waals surface area contributed by atoms with Crippen LogP contribution in [-0.2, 0) is 0 Å². The molecule has 0 atom stereocenters. The average molecular weight is 342 g/mol. The Labute approximate surface area is 138 Å². The van der Waals surface area contributed by atoms with Gasteiger partial charge in [-0.1, -0.05) is 0 Å². The molecule has 0 saturated carbocycles. The number of halogens is 3. The molecule has 1 heterocycles. The molecule has 8 heteroatoms. The van der Waals surface area contributed by atoms with Crippen LogP contribution in [0.15, 0.2) is 12.3 Å². The number of pyridine rings is 1. The first-order valence-electron chi connectivity index (χ1n) is 7.53. The van der Waals surface area contributed by atoms with Crippen molar-refractivity contribution in [2.24, 2.45) is 0 Å². The predicted molar refractivity (Wildman–Crippen MR) is 89.0 cm³/mol. The van der Waals surface area contributed by atoms with Gasteiger partial charge in [0.15, 0.2) is 17.5 Å².